The van der Waals surface area contributed by atoms with Crippen LogP contribution in [0.15, 0.2) is 156 Å². The van der Waals surface area contributed by atoms with E-state index in [1.807, 2.05) is 48.5 Å². The molecular formula is C42H25N3OPt. The number of para-hydroxylation sites is 1. The molecule has 0 spiro atoms. The number of aromatic nitrogens is 3. The van der Waals surface area contributed by atoms with Crippen LogP contribution in [0.25, 0.3) is 83.6 Å². The first-order valence-corrected chi connectivity index (χ1v) is 15.2. The Morgan fingerprint density at radius 3 is 2.13 bits per heavy atom. The zero-order chi connectivity index (χ0) is 30.5. The summed E-state index contributed by atoms with van der Waals surface area (Å²) in [5.41, 5.74) is 11.7. The van der Waals surface area contributed by atoms with Gasteiger partial charge in [0, 0.05) is 11.7 Å². The Kier molecular flexibility index (Phi) is 7.36. The third kappa shape index (κ3) is 5.17. The molecule has 47 heavy (non-hydrogen) atoms. The SMILES string of the molecule is [Pt+2].[c-]1c(-c2ccccn2)cccc1-n1c2[c-]c(-c3nc4cc(-c5ccc(-c6ccccc6)cc5)ccc4o3)ccc2c2ccccc21. The molecule has 3 aromatic heterocycles. The summed E-state index contributed by atoms with van der Waals surface area (Å²) in [5, 5.41) is 2.26. The van der Waals surface area contributed by atoms with E-state index in [2.05, 4.69) is 119 Å². The fraction of sp³-hybridized carbons (Fsp3) is 0. The number of oxazole rings is 1. The summed E-state index contributed by atoms with van der Waals surface area (Å²) < 4.78 is 8.51. The monoisotopic (exact) mass is 782 g/mol. The summed E-state index contributed by atoms with van der Waals surface area (Å²) in [6, 6.07) is 57.2. The maximum atomic E-state index is 6.30. The minimum atomic E-state index is 0. The van der Waals surface area contributed by atoms with E-state index in [-0.39, 0.29) is 21.1 Å². The Labute approximate surface area is 286 Å². The van der Waals surface area contributed by atoms with Crippen LogP contribution in [0.5, 0.6) is 0 Å². The summed E-state index contributed by atoms with van der Waals surface area (Å²) in [6.45, 7) is 0. The maximum Gasteiger partial charge on any atom is 2.00 e. The molecule has 9 rings (SSSR count). The van der Waals surface area contributed by atoms with Crippen molar-refractivity contribution in [1.82, 2.24) is 14.5 Å². The normalized spacial score (nSPS) is 11.2. The summed E-state index contributed by atoms with van der Waals surface area (Å²) in [4.78, 5) is 9.47. The van der Waals surface area contributed by atoms with E-state index in [0.29, 0.717) is 5.89 Å². The van der Waals surface area contributed by atoms with Gasteiger partial charge in [-0.25, -0.2) is 0 Å². The van der Waals surface area contributed by atoms with Gasteiger partial charge in [0.25, 0.3) is 0 Å². The fourth-order valence-corrected chi connectivity index (χ4v) is 6.23. The van der Waals surface area contributed by atoms with E-state index < -0.39 is 0 Å². The van der Waals surface area contributed by atoms with Gasteiger partial charge in [0.05, 0.1) is 5.52 Å². The maximum absolute atomic E-state index is 6.30. The van der Waals surface area contributed by atoms with Gasteiger partial charge in [-0.05, 0) is 68.8 Å². The third-order valence-corrected chi connectivity index (χ3v) is 8.49. The Balaban J connectivity index is 0.00000324. The van der Waals surface area contributed by atoms with Crippen molar-refractivity contribution in [3.05, 3.63) is 164 Å². The Morgan fingerprint density at radius 1 is 0.553 bits per heavy atom. The van der Waals surface area contributed by atoms with Gasteiger partial charge in [0.1, 0.15) is 11.5 Å². The molecule has 0 N–H and O–H groups in total. The zero-order valence-electron chi connectivity index (χ0n) is 25.0. The molecule has 5 heteroatoms. The predicted molar refractivity (Wildman–Crippen MR) is 186 cm³/mol. The first-order valence-electron chi connectivity index (χ1n) is 15.2. The van der Waals surface area contributed by atoms with Crippen LogP contribution in [0.3, 0.4) is 0 Å². The fourth-order valence-electron chi connectivity index (χ4n) is 6.23. The topological polar surface area (TPSA) is 43.9 Å². The van der Waals surface area contributed by atoms with Crippen LogP contribution in [0.1, 0.15) is 0 Å². The molecule has 0 aliphatic rings. The molecule has 9 aromatic rings. The quantitative estimate of drug-likeness (QED) is 0.163. The molecule has 0 radical (unpaired) electrons. The second kappa shape index (κ2) is 12.0. The molecule has 0 bridgehead atoms. The average molecular weight is 783 g/mol. The van der Waals surface area contributed by atoms with Gasteiger partial charge < -0.3 is 14.0 Å². The summed E-state index contributed by atoms with van der Waals surface area (Å²) in [6.07, 6.45) is 1.81. The molecular weight excluding hydrogens is 758 g/mol. The molecule has 0 amide bonds. The molecule has 0 fully saturated rings. The molecule has 3 heterocycles. The van der Waals surface area contributed by atoms with Crippen LogP contribution in [0.4, 0.5) is 0 Å². The largest absolute Gasteiger partial charge is 2.00 e. The molecule has 0 atom stereocenters. The summed E-state index contributed by atoms with van der Waals surface area (Å²) in [5.74, 6) is 0.538. The van der Waals surface area contributed by atoms with Crippen molar-refractivity contribution in [2.45, 2.75) is 0 Å². The second-order valence-corrected chi connectivity index (χ2v) is 11.3. The van der Waals surface area contributed by atoms with Crippen molar-refractivity contribution >= 4 is 32.9 Å². The van der Waals surface area contributed by atoms with Crippen molar-refractivity contribution in [3.8, 4) is 50.7 Å². The molecule has 224 valence electrons. The van der Waals surface area contributed by atoms with E-state index in [9.17, 15) is 0 Å². The van der Waals surface area contributed by atoms with Crippen LogP contribution >= 0.6 is 0 Å². The smallest absolute Gasteiger partial charge is 0.481 e. The molecule has 0 aliphatic heterocycles. The second-order valence-electron chi connectivity index (χ2n) is 11.3. The number of hydrogen-bond acceptors (Lipinski definition) is 3. The first-order chi connectivity index (χ1) is 22.8. The van der Waals surface area contributed by atoms with Crippen molar-refractivity contribution < 1.29 is 25.5 Å². The average Bonchev–Trinajstić information content (AvgIpc) is 3.71. The van der Waals surface area contributed by atoms with Crippen molar-refractivity contribution in [2.24, 2.45) is 0 Å². The standard InChI is InChI=1S/C42H25N3O.Pt/c1-2-9-28(10-3-1)29-16-18-30(19-17-29)31-21-23-41-38(26-31)44-42(46-41)33-20-22-36-35-13-4-5-15-39(35)45(40(36)27-33)34-12-8-11-32(25-34)37-14-6-7-24-43-37;/h1-24,26H;/q-2;+2. The van der Waals surface area contributed by atoms with E-state index >= 15 is 0 Å². The zero-order valence-corrected chi connectivity index (χ0v) is 27.3. The van der Waals surface area contributed by atoms with Crippen molar-refractivity contribution in [1.29, 1.82) is 0 Å². The number of rotatable bonds is 5. The minimum absolute atomic E-state index is 0. The van der Waals surface area contributed by atoms with Gasteiger partial charge in [-0.3, -0.25) is 4.98 Å². The molecule has 0 saturated carbocycles. The van der Waals surface area contributed by atoms with Gasteiger partial charge in [0.15, 0.2) is 0 Å². The molecule has 0 unspecified atom stereocenters. The van der Waals surface area contributed by atoms with Crippen molar-refractivity contribution in [3.63, 3.8) is 0 Å². The number of nitrogens with zero attached hydrogens (tertiary/aromatic N) is 3. The number of benzene rings is 6. The van der Waals surface area contributed by atoms with Gasteiger partial charge in [-0.2, -0.15) is 0 Å². The van der Waals surface area contributed by atoms with Crippen LogP contribution in [0, 0.1) is 12.1 Å². The van der Waals surface area contributed by atoms with E-state index in [4.69, 9.17) is 9.40 Å². The molecule has 6 aromatic carbocycles. The van der Waals surface area contributed by atoms with Crippen LogP contribution in [0.2, 0.25) is 0 Å². The molecule has 0 saturated heterocycles. The Morgan fingerprint density at radius 2 is 1.30 bits per heavy atom. The Hall–Kier alpha value is -5.57. The predicted octanol–water partition coefficient (Wildman–Crippen LogP) is 10.6. The van der Waals surface area contributed by atoms with Crippen LogP contribution in [-0.2, 0) is 21.1 Å². The van der Waals surface area contributed by atoms with E-state index in [0.717, 1.165) is 66.5 Å². The Bertz CT molecular complexity index is 2520. The number of hydrogen-bond donors (Lipinski definition) is 0. The molecule has 4 nitrogen and oxygen atoms in total. The van der Waals surface area contributed by atoms with Gasteiger partial charge in [-0.1, -0.05) is 102 Å². The van der Waals surface area contributed by atoms with Gasteiger partial charge in [-0.15, -0.1) is 48.0 Å². The van der Waals surface area contributed by atoms with Crippen molar-refractivity contribution in [2.75, 3.05) is 0 Å². The summed E-state index contributed by atoms with van der Waals surface area (Å²) >= 11 is 0. The van der Waals surface area contributed by atoms with Gasteiger partial charge >= 0.3 is 21.1 Å². The number of fused-ring (bicyclic) bond motifs is 4. The van der Waals surface area contributed by atoms with Crippen LogP contribution in [-0.4, -0.2) is 14.5 Å². The first kappa shape index (κ1) is 28.9. The number of pyridine rings is 1. The summed E-state index contributed by atoms with van der Waals surface area (Å²) in [7, 11) is 0. The molecule has 0 aliphatic carbocycles. The van der Waals surface area contributed by atoms with E-state index in [1.165, 1.54) is 11.1 Å². The van der Waals surface area contributed by atoms with Crippen LogP contribution < -0.4 is 0 Å². The third-order valence-electron chi connectivity index (χ3n) is 8.49. The van der Waals surface area contributed by atoms with Gasteiger partial charge in [0.2, 0.25) is 0 Å². The van der Waals surface area contributed by atoms with E-state index in [1.54, 1.807) is 6.20 Å². The minimum Gasteiger partial charge on any atom is -0.481 e.